The zero-order valence-corrected chi connectivity index (χ0v) is 20.5. The minimum atomic E-state index is -0.273. The molecular formula is C31H30FNO3. The van der Waals surface area contributed by atoms with Crippen LogP contribution < -0.4 is 0 Å². The average molecular weight is 484 g/mol. The largest absolute Gasteiger partial charge is 0.448 e. The zero-order valence-electron chi connectivity index (χ0n) is 20.5. The summed E-state index contributed by atoms with van der Waals surface area (Å²) >= 11 is 0. The van der Waals surface area contributed by atoms with Gasteiger partial charge in [0.15, 0.2) is 0 Å². The van der Waals surface area contributed by atoms with E-state index in [9.17, 15) is 14.0 Å². The zero-order chi connectivity index (χ0) is 24.8. The number of rotatable bonds is 5. The lowest BCUT2D eigenvalue weighted by Crippen LogP contribution is -2.48. The molecule has 3 aromatic carbocycles. The normalized spacial score (nSPS) is 22.3. The van der Waals surface area contributed by atoms with Gasteiger partial charge >= 0.3 is 6.09 Å². The van der Waals surface area contributed by atoms with Crippen molar-refractivity contribution >= 4 is 11.9 Å². The Morgan fingerprint density at radius 1 is 0.917 bits per heavy atom. The number of benzene rings is 3. The van der Waals surface area contributed by atoms with Gasteiger partial charge in [-0.2, -0.15) is 0 Å². The maximum absolute atomic E-state index is 13.9. The van der Waals surface area contributed by atoms with Crippen LogP contribution in [0.1, 0.15) is 53.9 Å². The van der Waals surface area contributed by atoms with Crippen LogP contribution in [0, 0.1) is 18.7 Å². The molecule has 3 aromatic rings. The second-order valence-electron chi connectivity index (χ2n) is 10.5. The van der Waals surface area contributed by atoms with Gasteiger partial charge in [-0.1, -0.05) is 60.7 Å². The molecule has 2 bridgehead atoms. The standard InChI is InChI=1S/C31H30FNO3/c1-19-10-11-20(14-29(19)32)15-30(34)21-16-22-12-13-23(17-21)33(22)31(35)36-18-28-26-8-4-2-6-24(26)25-7-3-5-9-27(25)28/h2-11,14,21-23,28H,12-13,15-18H2,1H3. The fourth-order valence-corrected chi connectivity index (χ4v) is 6.50. The molecule has 1 aliphatic carbocycles. The monoisotopic (exact) mass is 483 g/mol. The molecule has 0 radical (unpaired) electrons. The van der Waals surface area contributed by atoms with E-state index in [0.29, 0.717) is 25.0 Å². The highest BCUT2D eigenvalue weighted by Gasteiger charge is 2.46. The van der Waals surface area contributed by atoms with E-state index in [2.05, 4.69) is 24.3 Å². The van der Waals surface area contributed by atoms with Crippen molar-refractivity contribution in [2.45, 2.75) is 57.0 Å². The van der Waals surface area contributed by atoms with Crippen molar-refractivity contribution in [2.24, 2.45) is 5.92 Å². The molecule has 2 fully saturated rings. The average Bonchev–Trinajstić information content (AvgIpc) is 3.35. The summed E-state index contributed by atoms with van der Waals surface area (Å²) in [6.07, 6.45) is 3.10. The number of ketones is 1. The molecule has 2 aliphatic heterocycles. The van der Waals surface area contributed by atoms with E-state index >= 15 is 0 Å². The second-order valence-corrected chi connectivity index (χ2v) is 10.5. The lowest BCUT2D eigenvalue weighted by atomic mass is 9.85. The first-order chi connectivity index (χ1) is 17.5. The summed E-state index contributed by atoms with van der Waals surface area (Å²) < 4.78 is 19.9. The molecular weight excluding hydrogens is 453 g/mol. The molecule has 2 heterocycles. The predicted octanol–water partition coefficient (Wildman–Crippen LogP) is 6.44. The van der Waals surface area contributed by atoms with Crippen LogP contribution in [0.15, 0.2) is 66.7 Å². The number of aryl methyl sites for hydroxylation is 1. The van der Waals surface area contributed by atoms with Crippen molar-refractivity contribution in [1.82, 2.24) is 4.90 Å². The minimum Gasteiger partial charge on any atom is -0.448 e. The molecule has 0 aromatic heterocycles. The smallest absolute Gasteiger partial charge is 0.410 e. The Morgan fingerprint density at radius 3 is 2.14 bits per heavy atom. The number of hydrogen-bond donors (Lipinski definition) is 0. The highest BCUT2D eigenvalue weighted by Crippen LogP contribution is 2.45. The Bertz CT molecular complexity index is 1280. The van der Waals surface area contributed by atoms with Crippen molar-refractivity contribution in [3.8, 4) is 11.1 Å². The number of carbonyl (C=O) groups is 2. The van der Waals surface area contributed by atoms with Gasteiger partial charge in [-0.15, -0.1) is 0 Å². The second kappa shape index (κ2) is 9.20. The van der Waals surface area contributed by atoms with Gasteiger partial charge in [0.05, 0.1) is 0 Å². The van der Waals surface area contributed by atoms with Crippen LogP contribution in [0.5, 0.6) is 0 Å². The fourth-order valence-electron chi connectivity index (χ4n) is 6.50. The predicted molar refractivity (Wildman–Crippen MR) is 136 cm³/mol. The Morgan fingerprint density at radius 2 is 1.53 bits per heavy atom. The molecule has 0 spiro atoms. The molecule has 2 atom stereocenters. The van der Waals surface area contributed by atoms with Crippen LogP contribution in [0.3, 0.4) is 0 Å². The van der Waals surface area contributed by atoms with Gasteiger partial charge in [-0.3, -0.25) is 4.79 Å². The maximum atomic E-state index is 13.9. The number of piperidine rings is 1. The van der Waals surface area contributed by atoms with Crippen LogP contribution in [0.2, 0.25) is 0 Å². The van der Waals surface area contributed by atoms with E-state index in [1.165, 1.54) is 28.3 Å². The number of carbonyl (C=O) groups excluding carboxylic acids is 2. The van der Waals surface area contributed by atoms with Gasteiger partial charge in [-0.25, -0.2) is 9.18 Å². The third-order valence-electron chi connectivity index (χ3n) is 8.35. The van der Waals surface area contributed by atoms with Crippen LogP contribution in [-0.4, -0.2) is 35.5 Å². The Balaban J connectivity index is 1.11. The summed E-state index contributed by atoms with van der Waals surface area (Å²) in [6, 6.07) is 21.7. The summed E-state index contributed by atoms with van der Waals surface area (Å²) in [7, 11) is 0. The summed E-state index contributed by atoms with van der Waals surface area (Å²) in [5.41, 5.74) is 6.12. The highest BCUT2D eigenvalue weighted by atomic mass is 19.1. The van der Waals surface area contributed by atoms with Crippen LogP contribution in [0.25, 0.3) is 11.1 Å². The number of fused-ring (bicyclic) bond motifs is 5. The Kier molecular flexibility index (Phi) is 5.87. The number of amides is 1. The third kappa shape index (κ3) is 4.01. The van der Waals surface area contributed by atoms with E-state index in [-0.39, 0.29) is 48.0 Å². The lowest BCUT2D eigenvalue weighted by Gasteiger charge is -2.37. The first-order valence-corrected chi connectivity index (χ1v) is 12.9. The van der Waals surface area contributed by atoms with Crippen molar-refractivity contribution < 1.29 is 18.7 Å². The van der Waals surface area contributed by atoms with Crippen LogP contribution in [0.4, 0.5) is 9.18 Å². The molecule has 36 heavy (non-hydrogen) atoms. The van der Waals surface area contributed by atoms with E-state index < -0.39 is 0 Å². The molecule has 5 heteroatoms. The molecule has 4 nitrogen and oxygen atoms in total. The molecule has 2 saturated heterocycles. The van der Waals surface area contributed by atoms with Crippen molar-refractivity contribution in [2.75, 3.05) is 6.61 Å². The molecule has 3 aliphatic rings. The summed E-state index contributed by atoms with van der Waals surface area (Å²) in [5, 5.41) is 0. The van der Waals surface area contributed by atoms with E-state index in [4.69, 9.17) is 4.74 Å². The molecule has 1 amide bonds. The number of nitrogens with zero attached hydrogens (tertiary/aromatic N) is 1. The highest BCUT2D eigenvalue weighted by molar-refractivity contribution is 5.84. The fraction of sp³-hybridized carbons (Fsp3) is 0.355. The topological polar surface area (TPSA) is 46.6 Å². The number of halogens is 1. The first-order valence-electron chi connectivity index (χ1n) is 12.9. The minimum absolute atomic E-state index is 0.0307. The van der Waals surface area contributed by atoms with Crippen molar-refractivity contribution in [3.05, 3.63) is 94.8 Å². The van der Waals surface area contributed by atoms with E-state index in [0.717, 1.165) is 18.4 Å². The van der Waals surface area contributed by atoms with Crippen molar-refractivity contribution in [3.63, 3.8) is 0 Å². The molecule has 6 rings (SSSR count). The van der Waals surface area contributed by atoms with Gasteiger partial charge in [0, 0.05) is 30.3 Å². The van der Waals surface area contributed by atoms with Gasteiger partial charge in [0.25, 0.3) is 0 Å². The summed E-state index contributed by atoms with van der Waals surface area (Å²) in [6.45, 7) is 2.03. The summed E-state index contributed by atoms with van der Waals surface area (Å²) in [4.78, 5) is 28.2. The lowest BCUT2D eigenvalue weighted by molar-refractivity contribution is -0.124. The van der Waals surface area contributed by atoms with Gasteiger partial charge in [0.2, 0.25) is 0 Å². The Hall–Kier alpha value is -3.47. The number of Topliss-reactive ketones (excluding diaryl/α,β-unsaturated/α-hetero) is 1. The van der Waals surface area contributed by atoms with Crippen LogP contribution >= 0.6 is 0 Å². The molecule has 0 N–H and O–H groups in total. The van der Waals surface area contributed by atoms with Crippen molar-refractivity contribution in [1.29, 1.82) is 0 Å². The molecule has 2 unspecified atom stereocenters. The molecule has 0 saturated carbocycles. The quantitative estimate of drug-likeness (QED) is 0.420. The van der Waals surface area contributed by atoms with E-state index in [1.807, 2.05) is 35.2 Å². The van der Waals surface area contributed by atoms with Gasteiger partial charge < -0.3 is 9.64 Å². The maximum Gasteiger partial charge on any atom is 0.410 e. The number of hydrogen-bond acceptors (Lipinski definition) is 3. The van der Waals surface area contributed by atoms with Gasteiger partial charge in [-0.05, 0) is 72.1 Å². The van der Waals surface area contributed by atoms with E-state index in [1.54, 1.807) is 13.0 Å². The SMILES string of the molecule is Cc1ccc(CC(=O)C2CC3CCC(C2)N3C(=O)OCC2c3ccccc3-c3ccccc32)cc1F. The first kappa shape index (κ1) is 23.0. The van der Waals surface area contributed by atoms with Gasteiger partial charge in [0.1, 0.15) is 18.2 Å². The molecule has 184 valence electrons. The Labute approximate surface area is 211 Å². The third-order valence-corrected chi connectivity index (χ3v) is 8.35. The van der Waals surface area contributed by atoms with Crippen LogP contribution in [-0.2, 0) is 16.0 Å². The number of ether oxygens (including phenoxy) is 1. The summed E-state index contributed by atoms with van der Waals surface area (Å²) in [5.74, 6) is -0.190.